The Morgan fingerprint density at radius 1 is 1.11 bits per heavy atom. The minimum Gasteiger partial charge on any atom is -0.507 e. The molecule has 0 saturated carbocycles. The van der Waals surface area contributed by atoms with Crippen LogP contribution >= 0.6 is 0 Å². The van der Waals surface area contributed by atoms with Crippen molar-refractivity contribution in [2.75, 3.05) is 20.2 Å². The van der Waals surface area contributed by atoms with Gasteiger partial charge >= 0.3 is 0 Å². The molecule has 1 aliphatic heterocycles. The first-order valence-corrected chi connectivity index (χ1v) is 9.60. The molecule has 0 bridgehead atoms. The fourth-order valence-electron chi connectivity index (χ4n) is 4.02. The highest BCUT2D eigenvalue weighted by molar-refractivity contribution is 6.00. The van der Waals surface area contributed by atoms with E-state index in [1.165, 1.54) is 6.07 Å². The first kappa shape index (κ1) is 19.9. The summed E-state index contributed by atoms with van der Waals surface area (Å²) in [7, 11) is 1.63. The minimum absolute atomic E-state index is 0.0227. The van der Waals surface area contributed by atoms with Crippen molar-refractivity contribution < 1.29 is 19.4 Å². The van der Waals surface area contributed by atoms with Gasteiger partial charge in [0.2, 0.25) is 0 Å². The molecule has 1 fully saturated rings. The fraction of sp³-hybridized carbons (Fsp3) is 0.391. The van der Waals surface area contributed by atoms with E-state index in [9.17, 15) is 14.7 Å². The third-order valence-electron chi connectivity index (χ3n) is 5.41. The summed E-state index contributed by atoms with van der Waals surface area (Å²) in [6.45, 7) is 6.71. The van der Waals surface area contributed by atoms with Crippen LogP contribution in [0.15, 0.2) is 30.3 Å². The standard InChI is InChI=1S/C23H27NO4/c1-14-7-8-20(25)19(10-14)23(27)24-9-5-6-17(13-24)21(26)18-11-15(2)22(28-4)16(3)12-18/h7-8,10-12,17,25H,5-6,9,13H2,1-4H3/t17-/m0/s1. The van der Waals surface area contributed by atoms with Gasteiger partial charge < -0.3 is 14.7 Å². The van der Waals surface area contributed by atoms with Gasteiger partial charge in [0.25, 0.3) is 5.91 Å². The molecule has 2 aromatic carbocycles. The van der Waals surface area contributed by atoms with Crippen LogP contribution in [0.25, 0.3) is 0 Å². The van der Waals surface area contributed by atoms with Crippen LogP contribution in [0.2, 0.25) is 0 Å². The summed E-state index contributed by atoms with van der Waals surface area (Å²) in [6, 6.07) is 8.73. The highest BCUT2D eigenvalue weighted by Crippen LogP contribution is 2.29. The van der Waals surface area contributed by atoms with Gasteiger partial charge in [-0.25, -0.2) is 0 Å². The van der Waals surface area contributed by atoms with E-state index in [-0.39, 0.29) is 23.4 Å². The SMILES string of the molecule is COc1c(C)cc(C(=O)[C@H]2CCCN(C(=O)c3cc(C)ccc3O)C2)cc1C. The number of benzene rings is 2. The third-order valence-corrected chi connectivity index (χ3v) is 5.41. The Bertz CT molecular complexity index is 896. The number of aromatic hydroxyl groups is 1. The lowest BCUT2D eigenvalue weighted by Crippen LogP contribution is -2.42. The van der Waals surface area contributed by atoms with Crippen molar-refractivity contribution in [1.82, 2.24) is 4.90 Å². The number of likely N-dealkylation sites (tertiary alicyclic amines) is 1. The molecule has 1 amide bonds. The number of amides is 1. The first-order valence-electron chi connectivity index (χ1n) is 9.60. The number of ketones is 1. The van der Waals surface area contributed by atoms with Gasteiger partial charge in [0.15, 0.2) is 5.78 Å². The van der Waals surface area contributed by atoms with Gasteiger partial charge in [0.1, 0.15) is 11.5 Å². The highest BCUT2D eigenvalue weighted by atomic mass is 16.5. The Morgan fingerprint density at radius 2 is 1.79 bits per heavy atom. The quantitative estimate of drug-likeness (QED) is 0.811. The Kier molecular flexibility index (Phi) is 5.73. The number of nitrogens with zero attached hydrogens (tertiary/aromatic N) is 1. The molecule has 5 nitrogen and oxygen atoms in total. The number of rotatable bonds is 4. The number of phenols is 1. The van der Waals surface area contributed by atoms with E-state index in [2.05, 4.69) is 0 Å². The van der Waals surface area contributed by atoms with Gasteiger partial charge in [-0.3, -0.25) is 9.59 Å². The number of hydrogen-bond acceptors (Lipinski definition) is 4. The van der Waals surface area contributed by atoms with Crippen LogP contribution in [-0.4, -0.2) is 41.9 Å². The first-order chi connectivity index (χ1) is 13.3. The smallest absolute Gasteiger partial charge is 0.257 e. The Morgan fingerprint density at radius 3 is 2.43 bits per heavy atom. The largest absolute Gasteiger partial charge is 0.507 e. The molecule has 1 heterocycles. The number of carbonyl (C=O) groups excluding carboxylic acids is 2. The zero-order valence-corrected chi connectivity index (χ0v) is 16.9. The number of phenolic OH excluding ortho intramolecular Hbond substituents is 1. The van der Waals surface area contributed by atoms with E-state index in [4.69, 9.17) is 4.74 Å². The average molecular weight is 381 g/mol. The molecular formula is C23H27NO4. The summed E-state index contributed by atoms with van der Waals surface area (Å²) in [6.07, 6.45) is 1.52. The number of Topliss-reactive ketones (excluding diaryl/α,β-unsaturated/α-hetero) is 1. The van der Waals surface area contributed by atoms with Gasteiger partial charge in [0.05, 0.1) is 12.7 Å². The molecule has 5 heteroatoms. The van der Waals surface area contributed by atoms with Crippen molar-refractivity contribution in [1.29, 1.82) is 0 Å². The van der Waals surface area contributed by atoms with Gasteiger partial charge in [-0.15, -0.1) is 0 Å². The number of carbonyl (C=O) groups is 2. The number of piperidine rings is 1. The summed E-state index contributed by atoms with van der Waals surface area (Å²) in [5, 5.41) is 10.1. The van der Waals surface area contributed by atoms with Gasteiger partial charge in [0, 0.05) is 24.6 Å². The molecule has 0 spiro atoms. The predicted octanol–water partition coefficient (Wildman–Crippen LogP) is 4.06. The maximum absolute atomic E-state index is 13.1. The van der Waals surface area contributed by atoms with Crippen molar-refractivity contribution in [2.45, 2.75) is 33.6 Å². The maximum atomic E-state index is 13.1. The van der Waals surface area contributed by atoms with Crippen LogP contribution in [-0.2, 0) is 0 Å². The molecular weight excluding hydrogens is 354 g/mol. The monoisotopic (exact) mass is 381 g/mol. The summed E-state index contributed by atoms with van der Waals surface area (Å²) in [5.41, 5.74) is 3.73. The second kappa shape index (κ2) is 8.05. The van der Waals surface area contributed by atoms with E-state index >= 15 is 0 Å². The Balaban J connectivity index is 1.80. The van der Waals surface area contributed by atoms with Gasteiger partial charge in [-0.2, -0.15) is 0 Å². The molecule has 0 unspecified atom stereocenters. The van der Waals surface area contributed by atoms with E-state index in [0.29, 0.717) is 24.2 Å². The van der Waals surface area contributed by atoms with E-state index < -0.39 is 0 Å². The lowest BCUT2D eigenvalue weighted by molar-refractivity contribution is 0.0634. The normalized spacial score (nSPS) is 16.7. The molecule has 1 aliphatic rings. The molecule has 2 aromatic rings. The Hall–Kier alpha value is -2.82. The van der Waals surface area contributed by atoms with Crippen LogP contribution in [0, 0.1) is 26.7 Å². The molecule has 1 saturated heterocycles. The summed E-state index contributed by atoms with van der Waals surface area (Å²) in [4.78, 5) is 27.7. The Labute approximate surface area is 165 Å². The lowest BCUT2D eigenvalue weighted by Gasteiger charge is -2.32. The van der Waals surface area contributed by atoms with Crippen molar-refractivity contribution in [3.8, 4) is 11.5 Å². The lowest BCUT2D eigenvalue weighted by atomic mass is 9.88. The van der Waals surface area contributed by atoms with Crippen LogP contribution in [0.1, 0.15) is 50.2 Å². The molecule has 0 aliphatic carbocycles. The van der Waals surface area contributed by atoms with Crippen molar-refractivity contribution >= 4 is 11.7 Å². The van der Waals surface area contributed by atoms with Crippen LogP contribution in [0.5, 0.6) is 11.5 Å². The minimum atomic E-state index is -0.239. The second-order valence-corrected chi connectivity index (χ2v) is 7.62. The van der Waals surface area contributed by atoms with Crippen molar-refractivity contribution in [3.63, 3.8) is 0 Å². The fourth-order valence-corrected chi connectivity index (χ4v) is 4.02. The summed E-state index contributed by atoms with van der Waals surface area (Å²) >= 11 is 0. The van der Waals surface area contributed by atoms with Crippen LogP contribution < -0.4 is 4.74 Å². The third kappa shape index (κ3) is 3.88. The van der Waals surface area contributed by atoms with Crippen molar-refractivity contribution in [2.24, 2.45) is 5.92 Å². The zero-order valence-electron chi connectivity index (χ0n) is 16.9. The summed E-state index contributed by atoms with van der Waals surface area (Å²) in [5.74, 6) is 0.370. The van der Waals surface area contributed by atoms with E-state index in [0.717, 1.165) is 35.3 Å². The van der Waals surface area contributed by atoms with E-state index in [1.54, 1.807) is 24.1 Å². The summed E-state index contributed by atoms with van der Waals surface area (Å²) < 4.78 is 5.39. The molecule has 1 atom stereocenters. The number of aryl methyl sites for hydroxylation is 3. The van der Waals surface area contributed by atoms with E-state index in [1.807, 2.05) is 32.9 Å². The molecule has 3 rings (SSSR count). The van der Waals surface area contributed by atoms with Gasteiger partial charge in [-0.05, 0) is 69.0 Å². The number of ether oxygens (including phenoxy) is 1. The average Bonchev–Trinajstić information content (AvgIpc) is 2.68. The second-order valence-electron chi connectivity index (χ2n) is 7.62. The zero-order chi connectivity index (χ0) is 20.4. The number of methoxy groups -OCH3 is 1. The van der Waals surface area contributed by atoms with Crippen LogP contribution in [0.3, 0.4) is 0 Å². The molecule has 0 aromatic heterocycles. The molecule has 0 radical (unpaired) electrons. The predicted molar refractivity (Wildman–Crippen MR) is 108 cm³/mol. The topological polar surface area (TPSA) is 66.8 Å². The molecule has 28 heavy (non-hydrogen) atoms. The van der Waals surface area contributed by atoms with Gasteiger partial charge in [-0.1, -0.05) is 11.6 Å². The van der Waals surface area contributed by atoms with Crippen molar-refractivity contribution in [3.05, 3.63) is 58.1 Å². The number of hydrogen-bond donors (Lipinski definition) is 1. The van der Waals surface area contributed by atoms with Crippen LogP contribution in [0.4, 0.5) is 0 Å². The molecule has 1 N–H and O–H groups in total. The highest BCUT2D eigenvalue weighted by Gasteiger charge is 2.30. The molecule has 148 valence electrons. The maximum Gasteiger partial charge on any atom is 0.257 e.